The number of amides is 1. The summed E-state index contributed by atoms with van der Waals surface area (Å²) < 4.78 is 44.7. The molecule has 1 fully saturated rings. The maximum absolute atomic E-state index is 12.5. The van der Waals surface area contributed by atoms with Crippen LogP contribution < -0.4 is 10.5 Å². The first kappa shape index (κ1) is 30.8. The Morgan fingerprint density at radius 3 is 2.33 bits per heavy atom. The highest BCUT2D eigenvalue weighted by Gasteiger charge is 2.36. The molecule has 0 atom stereocenters. The molecule has 39 heavy (non-hydrogen) atoms. The Hall–Kier alpha value is -2.75. The summed E-state index contributed by atoms with van der Waals surface area (Å²) in [6.45, 7) is 1.79. The van der Waals surface area contributed by atoms with E-state index in [1.807, 2.05) is 41.8 Å². The van der Waals surface area contributed by atoms with Gasteiger partial charge in [-0.2, -0.15) is 0 Å². The molecule has 2 aromatic carbocycles. The Morgan fingerprint density at radius 2 is 1.79 bits per heavy atom. The number of carbonyl (C=O) groups excluding carboxylic acids is 1. The van der Waals surface area contributed by atoms with E-state index in [1.165, 1.54) is 0 Å². The summed E-state index contributed by atoms with van der Waals surface area (Å²) in [5.41, 5.74) is 8.69. The fraction of sp³-hybridized carbons (Fsp3) is 0.357. The molecule has 1 aliphatic rings. The van der Waals surface area contributed by atoms with Gasteiger partial charge in [0.25, 0.3) is 0 Å². The summed E-state index contributed by atoms with van der Waals surface area (Å²) in [5.74, 6) is -2.67. The Bertz CT molecular complexity index is 1310. The van der Waals surface area contributed by atoms with Crippen LogP contribution in [-0.2, 0) is 4.79 Å². The van der Waals surface area contributed by atoms with Crippen molar-refractivity contribution in [3.63, 3.8) is 0 Å². The van der Waals surface area contributed by atoms with Crippen LogP contribution in [0, 0.1) is 12.8 Å². The molecule has 1 aliphatic carbocycles. The number of ether oxygens (including phenoxy) is 1. The molecular formula is C28H29Cl2F3N2O3S. The third-order valence-corrected chi connectivity index (χ3v) is 7.21. The van der Waals surface area contributed by atoms with Crippen molar-refractivity contribution in [2.24, 2.45) is 11.7 Å². The van der Waals surface area contributed by atoms with Crippen LogP contribution in [0.3, 0.4) is 0 Å². The van der Waals surface area contributed by atoms with Crippen molar-refractivity contribution in [1.29, 1.82) is 0 Å². The number of primary amides is 1. The van der Waals surface area contributed by atoms with Crippen molar-refractivity contribution >= 4 is 46.4 Å². The fourth-order valence-corrected chi connectivity index (χ4v) is 5.02. The molecule has 0 spiro atoms. The van der Waals surface area contributed by atoms with Crippen LogP contribution in [0.1, 0.15) is 43.4 Å². The minimum Gasteiger partial charge on any atom is -0.498 e. The molecular weight excluding hydrogens is 572 g/mol. The molecule has 3 N–H and O–H groups in total. The first-order valence-corrected chi connectivity index (χ1v) is 13.5. The van der Waals surface area contributed by atoms with Crippen molar-refractivity contribution < 1.29 is 27.8 Å². The molecule has 210 valence electrons. The van der Waals surface area contributed by atoms with E-state index in [-0.39, 0.29) is 36.7 Å². The van der Waals surface area contributed by atoms with Crippen LogP contribution in [0.5, 0.6) is 5.75 Å². The van der Waals surface area contributed by atoms with E-state index in [9.17, 15) is 23.1 Å². The molecule has 0 aliphatic heterocycles. The SMILES string of the molecule is Cc1c(C(O)=S)cc(-c2ccc(Cl)cc2Cl)n1-c1ccc(OCCCF)cc1.NC(=O)C1CCC(F)(F)CC1. The maximum Gasteiger partial charge on any atom is 0.248 e. The molecule has 5 nitrogen and oxygen atoms in total. The molecule has 0 unspecified atom stereocenters. The first-order valence-electron chi connectivity index (χ1n) is 12.3. The van der Waals surface area contributed by atoms with Gasteiger partial charge in [-0.15, -0.1) is 0 Å². The summed E-state index contributed by atoms with van der Waals surface area (Å²) in [5, 5.41) is 10.8. The van der Waals surface area contributed by atoms with Gasteiger partial charge in [-0.3, -0.25) is 9.18 Å². The van der Waals surface area contributed by atoms with Crippen LogP contribution >= 0.6 is 35.4 Å². The van der Waals surface area contributed by atoms with E-state index in [0.29, 0.717) is 34.4 Å². The van der Waals surface area contributed by atoms with Crippen LogP contribution in [0.2, 0.25) is 10.0 Å². The van der Waals surface area contributed by atoms with Crippen LogP contribution in [0.25, 0.3) is 16.9 Å². The third-order valence-electron chi connectivity index (χ3n) is 6.45. The van der Waals surface area contributed by atoms with Crippen LogP contribution in [0.15, 0.2) is 48.5 Å². The number of aliphatic hydroxyl groups excluding tert-OH is 1. The summed E-state index contributed by atoms with van der Waals surface area (Å²) in [6.07, 6.45) is 0.445. The highest BCUT2D eigenvalue weighted by Crippen LogP contribution is 2.37. The highest BCUT2D eigenvalue weighted by molar-refractivity contribution is 7.80. The molecule has 11 heteroatoms. The second-order valence-corrected chi connectivity index (χ2v) is 10.4. The monoisotopic (exact) mass is 600 g/mol. The Balaban J connectivity index is 0.000000320. The molecule has 0 radical (unpaired) electrons. The topological polar surface area (TPSA) is 77.5 Å². The quantitative estimate of drug-likeness (QED) is 0.203. The van der Waals surface area contributed by atoms with E-state index < -0.39 is 18.5 Å². The molecule has 0 saturated heterocycles. The Morgan fingerprint density at radius 1 is 1.15 bits per heavy atom. The molecule has 4 rings (SSSR count). The van der Waals surface area contributed by atoms with E-state index in [4.69, 9.17) is 45.9 Å². The number of carbonyl (C=O) groups is 1. The Labute approximate surface area is 240 Å². The van der Waals surface area contributed by atoms with Crippen LogP contribution in [0.4, 0.5) is 13.2 Å². The average Bonchev–Trinajstić information content (AvgIpc) is 3.22. The zero-order chi connectivity index (χ0) is 28.7. The lowest BCUT2D eigenvalue weighted by Crippen LogP contribution is -2.32. The molecule has 1 aromatic heterocycles. The summed E-state index contributed by atoms with van der Waals surface area (Å²) >= 11 is 17.4. The van der Waals surface area contributed by atoms with Gasteiger partial charge in [0.15, 0.2) is 5.05 Å². The standard InChI is InChI=1S/C21H18Cl2FNO2S.C7H11F2NO/c1-13-18(21(26)28)12-20(17-8-3-14(22)11-19(17)23)25(13)15-4-6-16(7-5-15)27-10-2-9-24;8-7(9)3-1-5(2-4-7)6(10)11/h3-8,11-12H,2,9-10H2,1H3,(H,26,28);5H,1-4H2,(H2,10,11). The number of nitrogens with zero attached hydrogens (tertiary/aromatic N) is 1. The van der Waals surface area contributed by atoms with E-state index >= 15 is 0 Å². The van der Waals surface area contributed by atoms with Crippen LogP contribution in [-0.4, -0.2) is 39.8 Å². The number of aromatic nitrogens is 1. The van der Waals surface area contributed by atoms with Crippen molar-refractivity contribution in [1.82, 2.24) is 4.57 Å². The van der Waals surface area contributed by atoms with Crippen molar-refractivity contribution in [3.05, 3.63) is 69.8 Å². The second-order valence-electron chi connectivity index (χ2n) is 9.21. The zero-order valence-electron chi connectivity index (χ0n) is 21.2. The van der Waals surface area contributed by atoms with Gasteiger partial charge in [0.1, 0.15) is 5.75 Å². The fourth-order valence-electron chi connectivity index (χ4n) is 4.31. The number of benzene rings is 2. The number of rotatable bonds is 8. The number of hydrogen-bond acceptors (Lipinski definition) is 3. The Kier molecular flexibility index (Phi) is 10.7. The van der Waals surface area contributed by atoms with E-state index in [0.717, 1.165) is 22.6 Å². The minimum atomic E-state index is -2.56. The molecule has 3 aromatic rings. The number of hydrogen-bond donors (Lipinski definition) is 2. The van der Waals surface area contributed by atoms with Gasteiger partial charge in [-0.25, -0.2) is 8.78 Å². The lowest BCUT2D eigenvalue weighted by molar-refractivity contribution is -0.125. The lowest BCUT2D eigenvalue weighted by atomic mass is 9.86. The second kappa shape index (κ2) is 13.5. The highest BCUT2D eigenvalue weighted by atomic mass is 35.5. The molecule has 0 bridgehead atoms. The maximum atomic E-state index is 12.5. The molecule has 1 heterocycles. The van der Waals surface area contributed by atoms with E-state index in [2.05, 4.69) is 0 Å². The third kappa shape index (κ3) is 8.13. The predicted octanol–water partition coefficient (Wildman–Crippen LogP) is 8.03. The van der Waals surface area contributed by atoms with Gasteiger partial charge < -0.3 is 20.1 Å². The summed E-state index contributed by atoms with van der Waals surface area (Å²) in [7, 11) is 0. The number of halogens is 5. The van der Waals surface area contributed by atoms with Gasteiger partial charge in [-0.1, -0.05) is 23.2 Å². The number of nitrogens with two attached hydrogens (primary N) is 1. The molecule has 1 saturated carbocycles. The molecule has 1 amide bonds. The predicted molar refractivity (Wildman–Crippen MR) is 152 cm³/mol. The number of aliphatic hydroxyl groups is 1. The smallest absolute Gasteiger partial charge is 0.248 e. The van der Waals surface area contributed by atoms with Gasteiger partial charge in [0.05, 0.1) is 24.0 Å². The number of thiocarbonyl (C=S) groups is 1. The first-order chi connectivity index (χ1) is 18.4. The van der Waals surface area contributed by atoms with Crippen molar-refractivity contribution in [2.75, 3.05) is 13.3 Å². The van der Waals surface area contributed by atoms with E-state index in [1.54, 1.807) is 18.2 Å². The minimum absolute atomic E-state index is 0.186. The van der Waals surface area contributed by atoms with Gasteiger partial charge in [0.2, 0.25) is 11.8 Å². The lowest BCUT2D eigenvalue weighted by Gasteiger charge is -2.25. The normalized spacial score (nSPS) is 14.8. The zero-order valence-corrected chi connectivity index (χ0v) is 23.6. The van der Waals surface area contributed by atoms with Gasteiger partial charge in [-0.05, 0) is 80.5 Å². The van der Waals surface area contributed by atoms with Crippen molar-refractivity contribution in [2.45, 2.75) is 45.0 Å². The summed E-state index contributed by atoms with van der Waals surface area (Å²) in [6, 6.07) is 14.5. The number of alkyl halides is 3. The van der Waals surface area contributed by atoms with Gasteiger partial charge >= 0.3 is 0 Å². The largest absolute Gasteiger partial charge is 0.498 e. The average molecular weight is 602 g/mol. The van der Waals surface area contributed by atoms with Crippen molar-refractivity contribution in [3.8, 4) is 22.7 Å². The van der Waals surface area contributed by atoms with Gasteiger partial charge in [0, 0.05) is 52.7 Å². The summed E-state index contributed by atoms with van der Waals surface area (Å²) in [4.78, 5) is 10.5.